The number of nitrogens with zero attached hydrogens (tertiary/aromatic N) is 4. The lowest BCUT2D eigenvalue weighted by Gasteiger charge is -2.06. The largest absolute Gasteiger partial charge is 0.467 e. The molecule has 0 spiro atoms. The zero-order chi connectivity index (χ0) is 18.2. The quantitative estimate of drug-likeness (QED) is 0.263. The number of nitro benzene ring substituents is 1. The van der Waals surface area contributed by atoms with E-state index in [0.29, 0.717) is 16.6 Å². The summed E-state index contributed by atoms with van der Waals surface area (Å²) in [4.78, 5) is 30.1. The molecule has 0 fully saturated rings. The van der Waals surface area contributed by atoms with Crippen molar-refractivity contribution in [2.24, 2.45) is 5.10 Å². The molecule has 2 rings (SSSR count). The Morgan fingerprint density at radius 1 is 1.40 bits per heavy atom. The number of hydrogen-bond acceptors (Lipinski definition) is 8. The first-order valence-corrected chi connectivity index (χ1v) is 8.29. The Hall–Kier alpha value is -3.01. The van der Waals surface area contributed by atoms with Gasteiger partial charge in [-0.15, -0.1) is 0 Å². The minimum Gasteiger partial charge on any atom is -0.467 e. The van der Waals surface area contributed by atoms with Crippen molar-refractivity contribution >= 4 is 29.6 Å². The van der Waals surface area contributed by atoms with Crippen molar-refractivity contribution in [3.63, 3.8) is 0 Å². The molecule has 1 aromatic carbocycles. The highest BCUT2D eigenvalue weighted by atomic mass is 32.2. The predicted molar refractivity (Wildman–Crippen MR) is 92.9 cm³/mol. The van der Waals surface area contributed by atoms with E-state index in [1.165, 1.54) is 42.2 Å². The second-order valence-electron chi connectivity index (χ2n) is 4.76. The van der Waals surface area contributed by atoms with Crippen LogP contribution in [0.3, 0.4) is 0 Å². The first kappa shape index (κ1) is 18.3. The lowest BCUT2D eigenvalue weighted by Crippen LogP contribution is -2.24. The summed E-state index contributed by atoms with van der Waals surface area (Å²) < 4.78 is 5.31. The smallest absolute Gasteiger partial charge is 0.278 e. The van der Waals surface area contributed by atoms with Gasteiger partial charge in [0.1, 0.15) is 0 Å². The average molecular weight is 361 g/mol. The van der Waals surface area contributed by atoms with Gasteiger partial charge in [0.05, 0.1) is 11.1 Å². The third-order valence-electron chi connectivity index (χ3n) is 2.85. The number of nitrogens with one attached hydrogen (secondary N) is 1. The zero-order valence-corrected chi connectivity index (χ0v) is 14.3. The summed E-state index contributed by atoms with van der Waals surface area (Å²) in [5.74, 6) is -0.147. The monoisotopic (exact) mass is 361 g/mol. The minimum absolute atomic E-state index is 0.0145. The maximum atomic E-state index is 11.7. The Bertz CT molecular complexity index is 795. The molecule has 0 aliphatic rings. The van der Waals surface area contributed by atoms with E-state index in [1.54, 1.807) is 6.07 Å². The molecule has 130 valence electrons. The van der Waals surface area contributed by atoms with Crippen molar-refractivity contribution in [3.05, 3.63) is 51.7 Å². The van der Waals surface area contributed by atoms with Gasteiger partial charge in [0, 0.05) is 23.9 Å². The molecule has 1 heterocycles. The number of rotatable bonds is 7. The van der Waals surface area contributed by atoms with E-state index in [0.717, 1.165) is 5.69 Å². The standard InChI is InChI=1S/C15H15N5O4S/c1-10-7-14(18-15(17-10)25-2)24-9-13(21)19-16-8-11-3-5-12(6-4-11)20(22)23/h3-8H,9H2,1-2H3,(H,19,21)/b16-8+. The first-order valence-electron chi connectivity index (χ1n) is 7.07. The number of amides is 1. The number of nitro groups is 1. The van der Waals surface area contributed by atoms with E-state index in [4.69, 9.17) is 4.74 Å². The van der Waals surface area contributed by atoms with Gasteiger partial charge in [-0.2, -0.15) is 10.1 Å². The second kappa shape index (κ2) is 8.73. The molecule has 1 aromatic heterocycles. The molecule has 0 bridgehead atoms. The van der Waals surface area contributed by atoms with Gasteiger partial charge in [-0.3, -0.25) is 14.9 Å². The minimum atomic E-state index is -0.489. The van der Waals surface area contributed by atoms with Crippen molar-refractivity contribution in [1.29, 1.82) is 0 Å². The lowest BCUT2D eigenvalue weighted by molar-refractivity contribution is -0.384. The van der Waals surface area contributed by atoms with Gasteiger partial charge in [0.2, 0.25) is 5.88 Å². The van der Waals surface area contributed by atoms with Gasteiger partial charge in [0.15, 0.2) is 11.8 Å². The summed E-state index contributed by atoms with van der Waals surface area (Å²) >= 11 is 1.38. The predicted octanol–water partition coefficient (Wildman–Crippen LogP) is 1.94. The Balaban J connectivity index is 1.84. The molecule has 9 nitrogen and oxygen atoms in total. The maximum absolute atomic E-state index is 11.7. The van der Waals surface area contributed by atoms with Crippen LogP contribution in [0.1, 0.15) is 11.3 Å². The number of hydrogen-bond donors (Lipinski definition) is 1. The second-order valence-corrected chi connectivity index (χ2v) is 5.54. The van der Waals surface area contributed by atoms with Crippen LogP contribution in [-0.4, -0.2) is 39.9 Å². The third kappa shape index (κ3) is 5.84. The van der Waals surface area contributed by atoms with Crippen molar-refractivity contribution in [3.8, 4) is 5.88 Å². The van der Waals surface area contributed by atoms with Gasteiger partial charge < -0.3 is 4.74 Å². The van der Waals surface area contributed by atoms with Crippen LogP contribution in [0, 0.1) is 17.0 Å². The highest BCUT2D eigenvalue weighted by Gasteiger charge is 2.06. The number of thioether (sulfide) groups is 1. The molecular weight excluding hydrogens is 346 g/mol. The van der Waals surface area contributed by atoms with Crippen molar-refractivity contribution in [1.82, 2.24) is 15.4 Å². The molecule has 1 amide bonds. The van der Waals surface area contributed by atoms with Crippen LogP contribution in [0.25, 0.3) is 0 Å². The Kier molecular flexibility index (Phi) is 6.40. The fourth-order valence-corrected chi connectivity index (χ4v) is 2.13. The van der Waals surface area contributed by atoms with Crippen LogP contribution >= 0.6 is 11.8 Å². The van der Waals surface area contributed by atoms with Gasteiger partial charge in [-0.25, -0.2) is 10.4 Å². The Morgan fingerprint density at radius 2 is 2.12 bits per heavy atom. The van der Waals surface area contributed by atoms with Crippen LogP contribution in [0.15, 0.2) is 40.6 Å². The zero-order valence-electron chi connectivity index (χ0n) is 13.5. The summed E-state index contributed by atoms with van der Waals surface area (Å²) in [6.07, 6.45) is 3.22. The molecular formula is C15H15N5O4S. The highest BCUT2D eigenvalue weighted by molar-refractivity contribution is 7.98. The summed E-state index contributed by atoms with van der Waals surface area (Å²) in [6, 6.07) is 7.39. The summed E-state index contributed by atoms with van der Waals surface area (Å²) in [6.45, 7) is 1.56. The molecule has 10 heteroatoms. The summed E-state index contributed by atoms with van der Waals surface area (Å²) in [7, 11) is 0. The number of non-ortho nitro benzene ring substituents is 1. The van der Waals surface area contributed by atoms with E-state index < -0.39 is 10.8 Å². The molecule has 0 saturated heterocycles. The Morgan fingerprint density at radius 3 is 2.76 bits per heavy atom. The lowest BCUT2D eigenvalue weighted by atomic mass is 10.2. The van der Waals surface area contributed by atoms with Gasteiger partial charge >= 0.3 is 0 Å². The van der Waals surface area contributed by atoms with Crippen molar-refractivity contribution in [2.75, 3.05) is 12.9 Å². The molecule has 0 unspecified atom stereocenters. The molecule has 0 saturated carbocycles. The topological polar surface area (TPSA) is 120 Å². The van der Waals surface area contributed by atoms with E-state index in [2.05, 4.69) is 20.5 Å². The van der Waals surface area contributed by atoms with Crippen LogP contribution < -0.4 is 10.2 Å². The molecule has 0 atom stereocenters. The van der Waals surface area contributed by atoms with Crippen LogP contribution in [0.2, 0.25) is 0 Å². The number of ether oxygens (including phenoxy) is 1. The van der Waals surface area contributed by atoms with Gasteiger partial charge in [-0.05, 0) is 30.9 Å². The molecule has 0 aliphatic carbocycles. The SMILES string of the molecule is CSc1nc(C)cc(OCC(=O)N/N=C/c2ccc([N+](=O)[O-])cc2)n1. The normalized spacial score (nSPS) is 10.6. The molecule has 0 radical (unpaired) electrons. The van der Waals surface area contributed by atoms with E-state index in [1.807, 2.05) is 13.2 Å². The van der Waals surface area contributed by atoms with Crippen molar-refractivity contribution in [2.45, 2.75) is 12.1 Å². The summed E-state index contributed by atoms with van der Waals surface area (Å²) in [5, 5.41) is 14.9. The number of aromatic nitrogens is 2. The van der Waals surface area contributed by atoms with Crippen LogP contribution in [0.4, 0.5) is 5.69 Å². The molecule has 0 aliphatic heterocycles. The fraction of sp³-hybridized carbons (Fsp3) is 0.200. The van der Waals surface area contributed by atoms with Gasteiger partial charge in [-0.1, -0.05) is 11.8 Å². The van der Waals surface area contributed by atoms with E-state index in [-0.39, 0.29) is 12.3 Å². The molecule has 1 N–H and O–H groups in total. The van der Waals surface area contributed by atoms with Gasteiger partial charge in [0.25, 0.3) is 11.6 Å². The first-order chi connectivity index (χ1) is 12.0. The van der Waals surface area contributed by atoms with Crippen LogP contribution in [0.5, 0.6) is 5.88 Å². The third-order valence-corrected chi connectivity index (χ3v) is 3.40. The number of carbonyl (C=O) groups is 1. The number of aryl methyl sites for hydroxylation is 1. The van der Waals surface area contributed by atoms with Crippen LogP contribution in [-0.2, 0) is 4.79 Å². The number of benzene rings is 1. The molecule has 25 heavy (non-hydrogen) atoms. The van der Waals surface area contributed by atoms with Crippen molar-refractivity contribution < 1.29 is 14.5 Å². The van der Waals surface area contributed by atoms with E-state index in [9.17, 15) is 14.9 Å². The fourth-order valence-electron chi connectivity index (χ4n) is 1.71. The average Bonchev–Trinajstić information content (AvgIpc) is 2.60. The maximum Gasteiger partial charge on any atom is 0.278 e. The molecule has 2 aromatic rings. The number of hydrazone groups is 1. The van der Waals surface area contributed by atoms with E-state index >= 15 is 0 Å². The summed E-state index contributed by atoms with van der Waals surface area (Å²) in [5.41, 5.74) is 3.65. The number of carbonyl (C=O) groups excluding carboxylic acids is 1. The Labute approximate surface area is 147 Å². The highest BCUT2D eigenvalue weighted by Crippen LogP contribution is 2.15.